The zero-order valence-electron chi connectivity index (χ0n) is 9.19. The molecule has 0 bridgehead atoms. The van der Waals surface area contributed by atoms with Crippen molar-refractivity contribution in [2.45, 2.75) is 39.5 Å². The molecule has 2 rings (SSSR count). The van der Waals surface area contributed by atoms with Gasteiger partial charge >= 0.3 is 0 Å². The smallest absolute Gasteiger partial charge is 0.00724 e. The Morgan fingerprint density at radius 3 is 2.54 bits per heavy atom. The van der Waals surface area contributed by atoms with Gasteiger partial charge in [0.2, 0.25) is 0 Å². The first kappa shape index (κ1) is 9.26. The van der Waals surface area contributed by atoms with Crippen molar-refractivity contribution in [3.8, 4) is 0 Å². The van der Waals surface area contributed by atoms with Crippen molar-refractivity contribution >= 4 is 0 Å². The predicted octanol–water partition coefficient (Wildman–Crippen LogP) is 2.83. The summed E-state index contributed by atoms with van der Waals surface area (Å²) in [4.78, 5) is 2.51. The quantitative estimate of drug-likeness (QED) is 0.517. The number of piperidine rings is 1. The lowest BCUT2D eigenvalue weighted by molar-refractivity contribution is 0.141. The number of hydrogen-bond acceptors (Lipinski definition) is 1. The monoisotopic (exact) mass is 179 g/mol. The Morgan fingerprint density at radius 1 is 1.23 bits per heavy atom. The van der Waals surface area contributed by atoms with Crippen LogP contribution in [0.5, 0.6) is 0 Å². The van der Waals surface area contributed by atoms with E-state index in [9.17, 15) is 0 Å². The molecule has 1 saturated heterocycles. The SMILES string of the molecule is CC1=C(C)C2(CCCN(C)C2)CC1. The van der Waals surface area contributed by atoms with Gasteiger partial charge in [-0.25, -0.2) is 0 Å². The second-order valence-electron chi connectivity index (χ2n) is 5.03. The van der Waals surface area contributed by atoms with Crippen molar-refractivity contribution in [1.29, 1.82) is 0 Å². The van der Waals surface area contributed by atoms with Gasteiger partial charge in [0, 0.05) is 12.0 Å². The summed E-state index contributed by atoms with van der Waals surface area (Å²) in [5.74, 6) is 0. The highest BCUT2D eigenvalue weighted by Gasteiger charge is 2.39. The maximum Gasteiger partial charge on any atom is 0.00724 e. The Labute approximate surface area is 81.8 Å². The second kappa shape index (κ2) is 3.13. The fourth-order valence-corrected chi connectivity index (χ4v) is 3.13. The fourth-order valence-electron chi connectivity index (χ4n) is 3.13. The predicted molar refractivity (Wildman–Crippen MR) is 56.8 cm³/mol. The van der Waals surface area contributed by atoms with Crippen LogP contribution in [0.25, 0.3) is 0 Å². The molecule has 74 valence electrons. The molecular weight excluding hydrogens is 158 g/mol. The molecule has 0 aromatic heterocycles. The lowest BCUT2D eigenvalue weighted by atomic mass is 9.75. The third-order valence-electron chi connectivity index (χ3n) is 4.18. The lowest BCUT2D eigenvalue weighted by Crippen LogP contribution is -2.40. The van der Waals surface area contributed by atoms with Crippen LogP contribution in [-0.4, -0.2) is 25.0 Å². The highest BCUT2D eigenvalue weighted by Crippen LogP contribution is 2.47. The van der Waals surface area contributed by atoms with Crippen LogP contribution < -0.4 is 0 Å². The van der Waals surface area contributed by atoms with Crippen molar-refractivity contribution in [1.82, 2.24) is 4.90 Å². The highest BCUT2D eigenvalue weighted by molar-refractivity contribution is 5.26. The second-order valence-corrected chi connectivity index (χ2v) is 5.03. The van der Waals surface area contributed by atoms with E-state index in [0.29, 0.717) is 5.41 Å². The van der Waals surface area contributed by atoms with Crippen LogP contribution in [0.3, 0.4) is 0 Å². The van der Waals surface area contributed by atoms with Crippen LogP contribution in [0.15, 0.2) is 11.1 Å². The van der Waals surface area contributed by atoms with E-state index in [1.54, 1.807) is 11.1 Å². The summed E-state index contributed by atoms with van der Waals surface area (Å²) >= 11 is 0. The summed E-state index contributed by atoms with van der Waals surface area (Å²) in [5.41, 5.74) is 3.95. The van der Waals surface area contributed by atoms with Crippen LogP contribution in [0.1, 0.15) is 39.5 Å². The van der Waals surface area contributed by atoms with E-state index in [-0.39, 0.29) is 0 Å². The Hall–Kier alpha value is -0.300. The Morgan fingerprint density at radius 2 is 2.00 bits per heavy atom. The van der Waals surface area contributed by atoms with Gasteiger partial charge in [-0.2, -0.15) is 0 Å². The number of allylic oxidation sites excluding steroid dienone is 1. The van der Waals surface area contributed by atoms with Gasteiger partial charge in [0.25, 0.3) is 0 Å². The van der Waals surface area contributed by atoms with E-state index in [2.05, 4.69) is 25.8 Å². The average Bonchev–Trinajstić information content (AvgIpc) is 2.35. The van der Waals surface area contributed by atoms with Crippen LogP contribution in [0.4, 0.5) is 0 Å². The number of nitrogens with zero attached hydrogens (tertiary/aromatic N) is 1. The minimum atomic E-state index is 0.580. The van der Waals surface area contributed by atoms with Gasteiger partial charge in [0.1, 0.15) is 0 Å². The summed E-state index contributed by atoms with van der Waals surface area (Å²) in [6, 6.07) is 0. The molecule has 1 unspecified atom stereocenters. The van der Waals surface area contributed by atoms with E-state index in [0.717, 1.165) is 0 Å². The maximum absolute atomic E-state index is 2.51. The third kappa shape index (κ3) is 1.43. The van der Waals surface area contributed by atoms with Crippen LogP contribution in [-0.2, 0) is 0 Å². The number of hydrogen-bond donors (Lipinski definition) is 0. The van der Waals surface area contributed by atoms with E-state index in [4.69, 9.17) is 0 Å². The standard InChI is InChI=1S/C12H21N/c1-10-5-7-12(11(10)2)6-4-8-13(3)9-12/h4-9H2,1-3H3. The Bertz CT molecular complexity index is 242. The van der Waals surface area contributed by atoms with E-state index in [1.165, 1.54) is 38.8 Å². The van der Waals surface area contributed by atoms with Gasteiger partial charge in [0.15, 0.2) is 0 Å². The number of rotatable bonds is 0. The Balaban J connectivity index is 2.21. The van der Waals surface area contributed by atoms with E-state index in [1.807, 2.05) is 0 Å². The largest absolute Gasteiger partial charge is 0.305 e. The third-order valence-corrected chi connectivity index (χ3v) is 4.18. The molecule has 1 atom stereocenters. The molecule has 0 radical (unpaired) electrons. The molecular formula is C12H21N. The first-order valence-corrected chi connectivity index (χ1v) is 5.49. The minimum Gasteiger partial charge on any atom is -0.305 e. The molecule has 0 amide bonds. The van der Waals surface area contributed by atoms with Gasteiger partial charge in [-0.3, -0.25) is 0 Å². The minimum absolute atomic E-state index is 0.580. The fraction of sp³-hybridized carbons (Fsp3) is 0.833. The lowest BCUT2D eigenvalue weighted by Gasteiger charge is -2.40. The summed E-state index contributed by atoms with van der Waals surface area (Å²) in [7, 11) is 2.27. The number of likely N-dealkylation sites (tertiary alicyclic amines) is 1. The zero-order chi connectivity index (χ0) is 9.47. The van der Waals surface area contributed by atoms with Crippen LogP contribution >= 0.6 is 0 Å². The average molecular weight is 179 g/mol. The summed E-state index contributed by atoms with van der Waals surface area (Å²) in [6.07, 6.45) is 5.58. The molecule has 1 aliphatic carbocycles. The van der Waals surface area contributed by atoms with Gasteiger partial charge < -0.3 is 4.90 Å². The summed E-state index contributed by atoms with van der Waals surface area (Å²) in [5, 5.41) is 0. The molecule has 13 heavy (non-hydrogen) atoms. The molecule has 1 nitrogen and oxygen atoms in total. The van der Waals surface area contributed by atoms with Gasteiger partial charge in [-0.05, 0) is 53.1 Å². The molecule has 0 saturated carbocycles. The highest BCUT2D eigenvalue weighted by atomic mass is 15.1. The first-order valence-electron chi connectivity index (χ1n) is 5.49. The van der Waals surface area contributed by atoms with Gasteiger partial charge in [-0.1, -0.05) is 11.1 Å². The normalized spacial score (nSPS) is 36.2. The topological polar surface area (TPSA) is 3.24 Å². The first-order chi connectivity index (χ1) is 6.14. The summed E-state index contributed by atoms with van der Waals surface area (Å²) in [6.45, 7) is 7.28. The molecule has 2 aliphatic rings. The van der Waals surface area contributed by atoms with E-state index < -0.39 is 0 Å². The molecule has 1 aliphatic heterocycles. The maximum atomic E-state index is 2.51. The van der Waals surface area contributed by atoms with Crippen molar-refractivity contribution < 1.29 is 0 Å². The molecule has 0 aromatic rings. The van der Waals surface area contributed by atoms with Crippen molar-refractivity contribution in [2.75, 3.05) is 20.1 Å². The van der Waals surface area contributed by atoms with Crippen molar-refractivity contribution in [2.24, 2.45) is 5.41 Å². The van der Waals surface area contributed by atoms with Crippen LogP contribution in [0.2, 0.25) is 0 Å². The van der Waals surface area contributed by atoms with Crippen LogP contribution in [0, 0.1) is 5.41 Å². The summed E-state index contributed by atoms with van der Waals surface area (Å²) < 4.78 is 0. The van der Waals surface area contributed by atoms with Crippen molar-refractivity contribution in [3.63, 3.8) is 0 Å². The molecule has 1 spiro atoms. The molecule has 1 fully saturated rings. The van der Waals surface area contributed by atoms with Gasteiger partial charge in [-0.15, -0.1) is 0 Å². The molecule has 1 heterocycles. The zero-order valence-corrected chi connectivity index (χ0v) is 9.19. The van der Waals surface area contributed by atoms with Crippen molar-refractivity contribution in [3.05, 3.63) is 11.1 Å². The Kier molecular flexibility index (Phi) is 2.23. The molecule has 1 heteroatoms. The van der Waals surface area contributed by atoms with E-state index >= 15 is 0 Å². The van der Waals surface area contributed by atoms with Gasteiger partial charge in [0.05, 0.1) is 0 Å². The molecule has 0 N–H and O–H groups in total. The molecule has 0 aromatic carbocycles.